The SMILES string of the molecule is CCOC(=O)c1ccc(NC(=O)COC(=O)CCC(=O)Nc2ccc(C)c(Cl)c2)cc1. The number of anilines is 2. The molecule has 2 rings (SSSR count). The first-order valence-corrected chi connectivity index (χ1v) is 9.95. The maximum Gasteiger partial charge on any atom is 0.338 e. The third kappa shape index (κ3) is 8.10. The van der Waals surface area contributed by atoms with Gasteiger partial charge in [0, 0.05) is 22.8 Å². The van der Waals surface area contributed by atoms with Gasteiger partial charge in [-0.1, -0.05) is 17.7 Å². The van der Waals surface area contributed by atoms with Crippen LogP contribution in [0, 0.1) is 6.92 Å². The van der Waals surface area contributed by atoms with E-state index in [1.165, 1.54) is 24.3 Å². The largest absolute Gasteiger partial charge is 0.462 e. The maximum atomic E-state index is 11.9. The van der Waals surface area contributed by atoms with Crippen molar-refractivity contribution in [2.24, 2.45) is 0 Å². The van der Waals surface area contributed by atoms with Gasteiger partial charge in [-0.15, -0.1) is 0 Å². The molecule has 164 valence electrons. The van der Waals surface area contributed by atoms with Crippen molar-refractivity contribution >= 4 is 46.7 Å². The standard InChI is InChI=1S/C22H23ClN2O6/c1-3-30-22(29)15-5-8-16(9-6-15)24-20(27)13-31-21(28)11-10-19(26)25-17-7-4-14(2)18(23)12-17/h4-9,12H,3,10-11,13H2,1-2H3,(H,24,27)(H,25,26). The molecule has 0 saturated heterocycles. The lowest BCUT2D eigenvalue weighted by Gasteiger charge is -2.08. The Morgan fingerprint density at radius 1 is 0.871 bits per heavy atom. The number of amides is 2. The van der Waals surface area contributed by atoms with Crippen molar-refractivity contribution in [2.75, 3.05) is 23.8 Å². The number of hydrogen-bond acceptors (Lipinski definition) is 6. The van der Waals surface area contributed by atoms with E-state index in [0.29, 0.717) is 22.0 Å². The Morgan fingerprint density at radius 2 is 1.52 bits per heavy atom. The molecule has 0 unspecified atom stereocenters. The first-order chi connectivity index (χ1) is 14.8. The van der Waals surface area contributed by atoms with Gasteiger partial charge in [0.15, 0.2) is 6.61 Å². The van der Waals surface area contributed by atoms with E-state index in [-0.39, 0.29) is 25.4 Å². The zero-order valence-electron chi connectivity index (χ0n) is 17.2. The van der Waals surface area contributed by atoms with Crippen molar-refractivity contribution in [1.29, 1.82) is 0 Å². The quantitative estimate of drug-likeness (QED) is 0.568. The predicted octanol–water partition coefficient (Wildman–Crippen LogP) is 3.73. The van der Waals surface area contributed by atoms with Crippen LogP contribution in [0.5, 0.6) is 0 Å². The smallest absolute Gasteiger partial charge is 0.338 e. The number of benzene rings is 2. The number of rotatable bonds is 9. The molecule has 0 fully saturated rings. The van der Waals surface area contributed by atoms with Crippen LogP contribution in [0.4, 0.5) is 11.4 Å². The second-order valence-electron chi connectivity index (χ2n) is 6.52. The van der Waals surface area contributed by atoms with Gasteiger partial charge in [-0.05, 0) is 55.8 Å². The molecule has 0 aliphatic carbocycles. The Bertz CT molecular complexity index is 959. The van der Waals surface area contributed by atoms with Crippen molar-refractivity contribution in [2.45, 2.75) is 26.7 Å². The molecule has 0 aliphatic heterocycles. The van der Waals surface area contributed by atoms with Gasteiger partial charge >= 0.3 is 11.9 Å². The van der Waals surface area contributed by atoms with Gasteiger partial charge < -0.3 is 20.1 Å². The monoisotopic (exact) mass is 446 g/mol. The van der Waals surface area contributed by atoms with Gasteiger partial charge in [0.2, 0.25) is 5.91 Å². The third-order valence-corrected chi connectivity index (χ3v) is 4.46. The number of ether oxygens (including phenoxy) is 2. The molecule has 2 aromatic carbocycles. The lowest BCUT2D eigenvalue weighted by atomic mass is 10.2. The van der Waals surface area contributed by atoms with E-state index >= 15 is 0 Å². The summed E-state index contributed by atoms with van der Waals surface area (Å²) in [6.45, 7) is 3.33. The minimum atomic E-state index is -0.676. The highest BCUT2D eigenvalue weighted by Gasteiger charge is 2.12. The van der Waals surface area contributed by atoms with Crippen molar-refractivity contribution in [3.63, 3.8) is 0 Å². The second-order valence-corrected chi connectivity index (χ2v) is 6.93. The fourth-order valence-corrected chi connectivity index (χ4v) is 2.61. The van der Waals surface area contributed by atoms with Gasteiger partial charge in [0.1, 0.15) is 0 Å². The molecular weight excluding hydrogens is 424 g/mol. The Balaban J connectivity index is 1.70. The Hall–Kier alpha value is -3.39. The van der Waals surface area contributed by atoms with Gasteiger partial charge in [-0.3, -0.25) is 14.4 Å². The first kappa shape index (κ1) is 23.9. The molecule has 0 atom stereocenters. The number of hydrogen-bond donors (Lipinski definition) is 2. The molecule has 0 saturated carbocycles. The fourth-order valence-electron chi connectivity index (χ4n) is 2.43. The topological polar surface area (TPSA) is 111 Å². The highest BCUT2D eigenvalue weighted by molar-refractivity contribution is 6.31. The lowest BCUT2D eigenvalue weighted by molar-refractivity contribution is -0.147. The maximum absolute atomic E-state index is 11.9. The van der Waals surface area contributed by atoms with Gasteiger partial charge in [0.25, 0.3) is 5.91 Å². The van der Waals surface area contributed by atoms with Crippen LogP contribution in [0.25, 0.3) is 0 Å². The third-order valence-electron chi connectivity index (χ3n) is 4.06. The van der Waals surface area contributed by atoms with E-state index in [4.69, 9.17) is 21.1 Å². The number of halogens is 1. The minimum absolute atomic E-state index is 0.0960. The highest BCUT2D eigenvalue weighted by atomic mass is 35.5. The molecule has 2 aromatic rings. The molecular formula is C22H23ClN2O6. The van der Waals surface area contributed by atoms with Crippen LogP contribution in [0.15, 0.2) is 42.5 Å². The summed E-state index contributed by atoms with van der Waals surface area (Å²) >= 11 is 6.00. The molecule has 0 bridgehead atoms. The van der Waals surface area contributed by atoms with Gasteiger partial charge in [-0.2, -0.15) is 0 Å². The van der Waals surface area contributed by atoms with Gasteiger partial charge in [0.05, 0.1) is 18.6 Å². The average Bonchev–Trinajstić information content (AvgIpc) is 2.74. The van der Waals surface area contributed by atoms with Crippen LogP contribution in [-0.4, -0.2) is 37.0 Å². The molecule has 2 N–H and O–H groups in total. The minimum Gasteiger partial charge on any atom is -0.462 e. The Kier molecular flexibility index (Phi) is 9.02. The summed E-state index contributed by atoms with van der Waals surface area (Å²) in [7, 11) is 0. The molecule has 9 heteroatoms. The summed E-state index contributed by atoms with van der Waals surface area (Å²) in [5.41, 5.74) is 2.21. The van der Waals surface area contributed by atoms with Crippen molar-refractivity contribution < 1.29 is 28.7 Å². The zero-order chi connectivity index (χ0) is 22.8. The second kappa shape index (κ2) is 11.7. The summed E-state index contributed by atoms with van der Waals surface area (Å²) in [5, 5.41) is 5.71. The van der Waals surface area contributed by atoms with Crippen LogP contribution < -0.4 is 10.6 Å². The van der Waals surface area contributed by atoms with E-state index < -0.39 is 24.5 Å². The molecule has 0 heterocycles. The highest BCUT2D eigenvalue weighted by Crippen LogP contribution is 2.20. The normalized spacial score (nSPS) is 10.2. The molecule has 31 heavy (non-hydrogen) atoms. The zero-order valence-corrected chi connectivity index (χ0v) is 18.0. The van der Waals surface area contributed by atoms with E-state index in [0.717, 1.165) is 5.56 Å². The van der Waals surface area contributed by atoms with Crippen molar-refractivity contribution in [1.82, 2.24) is 0 Å². The van der Waals surface area contributed by atoms with Crippen LogP contribution in [0.2, 0.25) is 5.02 Å². The lowest BCUT2D eigenvalue weighted by Crippen LogP contribution is -2.21. The van der Waals surface area contributed by atoms with Crippen molar-refractivity contribution in [3.8, 4) is 0 Å². The molecule has 2 amide bonds. The number of nitrogens with one attached hydrogen (secondary N) is 2. The van der Waals surface area contributed by atoms with E-state index in [1.807, 2.05) is 6.92 Å². The molecule has 8 nitrogen and oxygen atoms in total. The molecule has 0 spiro atoms. The predicted molar refractivity (Wildman–Crippen MR) is 116 cm³/mol. The number of aryl methyl sites for hydroxylation is 1. The summed E-state index contributed by atoms with van der Waals surface area (Å²) in [6.07, 6.45) is -0.270. The average molecular weight is 447 g/mol. The van der Waals surface area contributed by atoms with Crippen LogP contribution in [0.3, 0.4) is 0 Å². The van der Waals surface area contributed by atoms with Crippen LogP contribution in [-0.2, 0) is 23.9 Å². The van der Waals surface area contributed by atoms with E-state index in [1.54, 1.807) is 25.1 Å². The molecule has 0 aliphatic rings. The molecule has 0 aromatic heterocycles. The van der Waals surface area contributed by atoms with E-state index in [9.17, 15) is 19.2 Å². The summed E-state index contributed by atoms with van der Waals surface area (Å²) in [4.78, 5) is 47.2. The summed E-state index contributed by atoms with van der Waals surface area (Å²) < 4.78 is 9.76. The van der Waals surface area contributed by atoms with Crippen LogP contribution >= 0.6 is 11.6 Å². The van der Waals surface area contributed by atoms with Gasteiger partial charge in [-0.25, -0.2) is 4.79 Å². The number of esters is 2. The Morgan fingerprint density at radius 3 is 2.16 bits per heavy atom. The van der Waals surface area contributed by atoms with Crippen LogP contribution in [0.1, 0.15) is 35.7 Å². The summed E-state index contributed by atoms with van der Waals surface area (Å²) in [6, 6.07) is 11.2. The molecule has 0 radical (unpaired) electrons. The Labute approximate surface area is 184 Å². The first-order valence-electron chi connectivity index (χ1n) is 9.57. The van der Waals surface area contributed by atoms with E-state index in [2.05, 4.69) is 10.6 Å². The number of carbonyl (C=O) groups excluding carboxylic acids is 4. The van der Waals surface area contributed by atoms with Crippen molar-refractivity contribution in [3.05, 3.63) is 58.6 Å². The fraction of sp³-hybridized carbons (Fsp3) is 0.273. The summed E-state index contributed by atoms with van der Waals surface area (Å²) in [5.74, 6) is -2.05. The number of carbonyl (C=O) groups is 4.